The van der Waals surface area contributed by atoms with Gasteiger partial charge in [0.05, 0.1) is 65.0 Å². The molecule has 5 heterocycles. The second-order valence-corrected chi connectivity index (χ2v) is 34.0. The molecular formula is C81H142N12O36P-. The standard InChI is InChI=1S/C81H143N12O36P/c1-48(97)88-66-73(113)70(110)54(43-94)127-79(66)122-35-15-12-21-58(102)82-29-18-32-85-61(105)26-38-119-47-57-76(120-39-27-62(106)86-33-19-30-83-59(103)22-13-16-36-123-80-67(89-49(2)98)74(114)71(111)55(44-95)128-80)77(121-40-28-63(107)87-34-20-31-84-60(104)23-14-17-37-124-81-68(90-50(3)99)75(115)72(112)56(45-96)129-81)69(91-51(4)100)78(126-57)92-64(108)24-10-8-6-7-9-11-25-65(109)93-42-53(101)41-52(93)46-125-130(116,117)118-5/h52-57,66-81,94-96,101,110-115H,6-47H2,1-5H3,(H,82,102)(H,83,103)(H,84,104)(H,85,105)(H,86,106)(H,87,107)(H,88,97)(H,89,98)(H,90,99)(H,91,100)(H,92,108)(H,116,117)/p-1/t52-,53+,54+,55+,56+,57+,66+,67+,68+,69+,70-,71-,72-,73+,74+,75+,76+,77+,78+,79+,80+,81+/m0/s1. The van der Waals surface area contributed by atoms with Crippen LogP contribution >= 0.6 is 7.82 Å². The molecule has 21 N–H and O–H groups in total. The summed E-state index contributed by atoms with van der Waals surface area (Å²) in [4.78, 5) is 168. The molecule has 5 aliphatic rings. The van der Waals surface area contributed by atoms with Crippen molar-refractivity contribution in [2.24, 2.45) is 0 Å². The summed E-state index contributed by atoms with van der Waals surface area (Å²) in [6, 6.07) is -5.28. The number of unbranched alkanes of at least 4 members (excludes halogenated alkanes) is 8. The summed E-state index contributed by atoms with van der Waals surface area (Å²) in [6.45, 7) is 2.58. The maximum absolute atomic E-state index is 14.0. The molecule has 23 atom stereocenters. The highest BCUT2D eigenvalue weighted by atomic mass is 31.2. The molecule has 5 aliphatic heterocycles. The molecule has 0 radical (unpaired) electrons. The van der Waals surface area contributed by atoms with Crippen molar-refractivity contribution in [1.82, 2.24) is 63.4 Å². The van der Waals surface area contributed by atoms with Gasteiger partial charge in [-0.05, 0) is 77.0 Å². The van der Waals surface area contributed by atoms with E-state index in [1.165, 1.54) is 32.6 Å². The molecule has 0 bridgehead atoms. The fourth-order valence-electron chi connectivity index (χ4n) is 14.9. The zero-order chi connectivity index (χ0) is 95.7. The van der Waals surface area contributed by atoms with Crippen LogP contribution in [-0.4, -0.2) is 387 Å². The van der Waals surface area contributed by atoms with Gasteiger partial charge in [-0.1, -0.05) is 25.7 Å². The number of amides is 12. The molecule has 48 nitrogen and oxygen atoms in total. The number of carbonyl (C=O) groups is 12. The fraction of sp³-hybridized carbons (Fsp3) is 0.852. The van der Waals surface area contributed by atoms with Crippen molar-refractivity contribution < 1.29 is 174 Å². The van der Waals surface area contributed by atoms with E-state index in [1.807, 2.05) is 0 Å². The summed E-state index contributed by atoms with van der Waals surface area (Å²) in [5.74, 6) is -5.18. The van der Waals surface area contributed by atoms with E-state index in [-0.39, 0.29) is 180 Å². The zero-order valence-electron chi connectivity index (χ0n) is 74.9. The highest BCUT2D eigenvalue weighted by Crippen LogP contribution is 2.38. The average molecular weight is 1890 g/mol. The van der Waals surface area contributed by atoms with Crippen molar-refractivity contribution in [3.05, 3.63) is 0 Å². The van der Waals surface area contributed by atoms with Crippen LogP contribution in [0.1, 0.15) is 182 Å². The van der Waals surface area contributed by atoms with E-state index in [0.717, 1.165) is 7.11 Å². The summed E-state index contributed by atoms with van der Waals surface area (Å²) >= 11 is 0. The lowest BCUT2D eigenvalue weighted by Gasteiger charge is -2.46. The van der Waals surface area contributed by atoms with Crippen molar-refractivity contribution in [2.45, 2.75) is 316 Å². The Morgan fingerprint density at radius 2 is 0.708 bits per heavy atom. The van der Waals surface area contributed by atoms with Gasteiger partial charge in [-0.3, -0.25) is 62.1 Å². The quantitative estimate of drug-likeness (QED) is 0.0199. The molecule has 130 heavy (non-hydrogen) atoms. The zero-order valence-corrected chi connectivity index (χ0v) is 75.8. The van der Waals surface area contributed by atoms with Crippen LogP contribution in [-0.2, 0) is 119 Å². The number of hydrogen-bond donors (Lipinski definition) is 21. The van der Waals surface area contributed by atoms with Gasteiger partial charge in [0.1, 0.15) is 97.4 Å². The molecule has 5 rings (SSSR count). The molecule has 12 amide bonds. The maximum atomic E-state index is 14.0. The predicted octanol–water partition coefficient (Wildman–Crippen LogP) is -7.24. The molecule has 5 fully saturated rings. The van der Waals surface area contributed by atoms with E-state index in [2.05, 4.69) is 63.0 Å². The number of phosphoric acid groups is 1. The number of nitrogens with zero attached hydrogens (tertiary/aromatic N) is 1. The first-order valence-electron chi connectivity index (χ1n) is 44.8. The van der Waals surface area contributed by atoms with Crippen LogP contribution in [0, 0.1) is 0 Å². The number of aliphatic hydroxyl groups is 10. The number of β-amino-alcohol motifs (C(OH)–C–C–N with tert-alkyl or cyclic N) is 1. The van der Waals surface area contributed by atoms with E-state index < -0.39 is 210 Å². The highest BCUT2D eigenvalue weighted by molar-refractivity contribution is 7.45. The second kappa shape index (κ2) is 62.5. The molecule has 49 heteroatoms. The van der Waals surface area contributed by atoms with Gasteiger partial charge in [-0.25, -0.2) is 0 Å². The normalized spacial score (nSPS) is 27.7. The average Bonchev–Trinajstić information content (AvgIpc) is 1.53. The molecule has 0 aromatic carbocycles. The number of nitrogens with one attached hydrogen (secondary N) is 11. The van der Waals surface area contributed by atoms with Gasteiger partial charge in [-0.2, -0.15) is 0 Å². The molecule has 748 valence electrons. The lowest BCUT2D eigenvalue weighted by Crippen LogP contribution is -2.69. The monoisotopic (exact) mass is 1890 g/mol. The van der Waals surface area contributed by atoms with Gasteiger partial charge < -0.3 is 176 Å². The molecule has 0 aromatic heterocycles. The minimum Gasteiger partial charge on any atom is -0.756 e. The Balaban J connectivity index is 1.19. The predicted molar refractivity (Wildman–Crippen MR) is 450 cm³/mol. The van der Waals surface area contributed by atoms with Crippen LogP contribution in [0.15, 0.2) is 0 Å². The van der Waals surface area contributed by atoms with Crippen molar-refractivity contribution in [3.63, 3.8) is 0 Å². The summed E-state index contributed by atoms with van der Waals surface area (Å²) in [6.07, 6.45) is -15.5. The number of ether oxygens (including phenoxy) is 10. The number of carbonyl (C=O) groups excluding carboxylic acids is 12. The fourth-order valence-corrected chi connectivity index (χ4v) is 15.4. The Bertz CT molecular complexity index is 3470. The lowest BCUT2D eigenvalue weighted by molar-refractivity contribution is -0.270. The Hall–Kier alpha value is -7.05. The van der Waals surface area contributed by atoms with Gasteiger partial charge in [0.25, 0.3) is 7.82 Å². The van der Waals surface area contributed by atoms with Crippen LogP contribution in [0.25, 0.3) is 0 Å². The highest BCUT2D eigenvalue weighted by Gasteiger charge is 2.51. The van der Waals surface area contributed by atoms with E-state index >= 15 is 0 Å². The minimum atomic E-state index is -4.57. The molecule has 1 unspecified atom stereocenters. The van der Waals surface area contributed by atoms with Crippen molar-refractivity contribution in [3.8, 4) is 0 Å². The Kier molecular flexibility index (Phi) is 54.5. The Morgan fingerprint density at radius 1 is 0.369 bits per heavy atom. The van der Waals surface area contributed by atoms with E-state index in [9.17, 15) is 118 Å². The SMILES string of the molecule is COP(=O)([O-])OC[C@@H]1C[C@@H](O)CN1C(=O)CCCCCCCCC(=O)N[C@@H]1O[C@H](COCCC(=O)NCCCNC(=O)CCCCO[C@@H]2O[C@H](CO)[C@H](O)[C@H](O)[C@H]2NC(C)=O)[C@@H](OCCC(=O)NCCCNC(=O)CCCCO[C@@H]2O[C@H](CO)[C@H](O)[C@H](O)[C@H]2NC(C)=O)[C@H](OCCC(=O)NCCCNC(=O)CCCCO[C@@H]2O[C@H](CO)[C@H](O)[C@H](O)[C@H]2NC(C)=O)[C@H]1NC(C)=O. The van der Waals surface area contributed by atoms with Crippen molar-refractivity contribution in [1.29, 1.82) is 0 Å². The third-order valence-corrected chi connectivity index (χ3v) is 22.7. The number of aliphatic hydroxyl groups excluding tert-OH is 10. The number of likely N-dealkylation sites (tertiary alicyclic amines) is 1. The van der Waals surface area contributed by atoms with Crippen molar-refractivity contribution in [2.75, 3.05) is 126 Å². The molecule has 0 saturated carbocycles. The van der Waals surface area contributed by atoms with Gasteiger partial charge >= 0.3 is 0 Å². The lowest BCUT2D eigenvalue weighted by atomic mass is 9.94. The minimum absolute atomic E-state index is 0.0208. The van der Waals surface area contributed by atoms with Gasteiger partial charge in [0, 0.05) is 152 Å². The number of hydrogen-bond acceptors (Lipinski definition) is 36. The van der Waals surface area contributed by atoms with E-state index in [1.54, 1.807) is 0 Å². The summed E-state index contributed by atoms with van der Waals surface area (Å²) in [5, 5.41) is 131. The molecule has 0 spiro atoms. The largest absolute Gasteiger partial charge is 0.756 e. The first-order valence-corrected chi connectivity index (χ1v) is 46.2. The van der Waals surface area contributed by atoms with Crippen LogP contribution in [0.5, 0.6) is 0 Å². The molecule has 0 aliphatic carbocycles. The molecule has 5 saturated heterocycles. The van der Waals surface area contributed by atoms with Gasteiger partial charge in [0.15, 0.2) is 25.1 Å². The van der Waals surface area contributed by atoms with Crippen LogP contribution in [0.3, 0.4) is 0 Å². The van der Waals surface area contributed by atoms with Crippen LogP contribution < -0.4 is 63.4 Å². The Morgan fingerprint density at radius 3 is 1.08 bits per heavy atom. The molecular weight excluding hydrogens is 1750 g/mol. The second-order valence-electron chi connectivity index (χ2n) is 32.5. The van der Waals surface area contributed by atoms with Crippen LogP contribution in [0.2, 0.25) is 0 Å². The van der Waals surface area contributed by atoms with Crippen molar-refractivity contribution >= 4 is 78.7 Å². The topological polar surface area (TPSA) is 694 Å². The van der Waals surface area contributed by atoms with Gasteiger partial charge in [0.2, 0.25) is 70.9 Å². The third kappa shape index (κ3) is 42.7. The third-order valence-electron chi connectivity index (χ3n) is 21.8. The smallest absolute Gasteiger partial charge is 0.267 e. The Labute approximate surface area is 755 Å². The number of rotatable bonds is 64. The first kappa shape index (κ1) is 113. The molecule has 0 aromatic rings. The summed E-state index contributed by atoms with van der Waals surface area (Å²) in [7, 11) is -3.62. The van der Waals surface area contributed by atoms with E-state index in [0.29, 0.717) is 96.3 Å². The van der Waals surface area contributed by atoms with Gasteiger partial charge in [-0.15, -0.1) is 0 Å². The summed E-state index contributed by atoms with van der Waals surface area (Å²) in [5.41, 5.74) is 0. The summed E-state index contributed by atoms with van der Waals surface area (Å²) < 4.78 is 80.6. The van der Waals surface area contributed by atoms with Crippen LogP contribution in [0.4, 0.5) is 0 Å². The maximum Gasteiger partial charge on any atom is 0.267 e. The number of phosphoric ester groups is 1. The van der Waals surface area contributed by atoms with E-state index in [4.69, 9.17) is 51.9 Å². The first-order chi connectivity index (χ1) is 62.1.